The topological polar surface area (TPSA) is 33.2 Å². The average molecular weight is 258 g/mol. The molecular weight excluding hydrogens is 244 g/mol. The lowest BCUT2D eigenvalue weighted by atomic mass is 10.00. The molecular formula is C14H14N2OS. The van der Waals surface area contributed by atoms with E-state index in [1.807, 2.05) is 17.9 Å². The molecule has 0 fully saturated rings. The Morgan fingerprint density at radius 1 is 1.33 bits per heavy atom. The van der Waals surface area contributed by atoms with E-state index >= 15 is 0 Å². The highest BCUT2D eigenvalue weighted by molar-refractivity contribution is 7.13. The number of hydrogen-bond acceptors (Lipinski definition) is 3. The second-order valence-corrected chi connectivity index (χ2v) is 5.72. The Labute approximate surface area is 110 Å². The lowest BCUT2D eigenvalue weighted by molar-refractivity contribution is 0.0739. The van der Waals surface area contributed by atoms with Gasteiger partial charge in [0.2, 0.25) is 0 Å². The lowest BCUT2D eigenvalue weighted by Gasteiger charge is -2.28. The first-order valence-electron chi connectivity index (χ1n) is 6.02. The number of thiazole rings is 1. The Morgan fingerprint density at radius 2 is 2.11 bits per heavy atom. The van der Waals surface area contributed by atoms with Gasteiger partial charge in [0.1, 0.15) is 4.88 Å². The molecule has 0 unspecified atom stereocenters. The summed E-state index contributed by atoms with van der Waals surface area (Å²) in [5, 5.41) is 0.941. The smallest absolute Gasteiger partial charge is 0.265 e. The molecule has 0 spiro atoms. The van der Waals surface area contributed by atoms with E-state index < -0.39 is 0 Å². The molecule has 3 nitrogen and oxygen atoms in total. The molecule has 0 radical (unpaired) electrons. The van der Waals surface area contributed by atoms with Crippen LogP contribution in [0, 0.1) is 6.92 Å². The predicted octanol–water partition coefficient (Wildman–Crippen LogP) is 2.65. The minimum atomic E-state index is 0.107. The van der Waals surface area contributed by atoms with Crippen molar-refractivity contribution in [2.75, 3.05) is 6.54 Å². The molecule has 0 bridgehead atoms. The van der Waals surface area contributed by atoms with Crippen molar-refractivity contribution in [1.82, 2.24) is 9.88 Å². The third-order valence-corrected chi connectivity index (χ3v) is 4.15. The number of benzene rings is 1. The summed E-state index contributed by atoms with van der Waals surface area (Å²) in [7, 11) is 0. The van der Waals surface area contributed by atoms with Crippen molar-refractivity contribution >= 4 is 17.2 Å². The largest absolute Gasteiger partial charge is 0.333 e. The second kappa shape index (κ2) is 4.53. The van der Waals surface area contributed by atoms with Crippen LogP contribution in [0.1, 0.15) is 25.8 Å². The van der Waals surface area contributed by atoms with Crippen LogP contribution in [0.5, 0.6) is 0 Å². The highest BCUT2D eigenvalue weighted by Crippen LogP contribution is 2.22. The molecule has 2 aromatic rings. The molecule has 0 saturated heterocycles. The SMILES string of the molecule is Cc1ncc(C(=O)N2CCc3ccccc3C2)s1. The van der Waals surface area contributed by atoms with Gasteiger partial charge in [0, 0.05) is 13.1 Å². The van der Waals surface area contributed by atoms with Gasteiger partial charge >= 0.3 is 0 Å². The van der Waals surface area contributed by atoms with E-state index in [2.05, 4.69) is 23.2 Å². The summed E-state index contributed by atoms with van der Waals surface area (Å²) in [6, 6.07) is 8.34. The van der Waals surface area contributed by atoms with Gasteiger partial charge < -0.3 is 4.90 Å². The summed E-state index contributed by atoms with van der Waals surface area (Å²) in [6.45, 7) is 3.44. The molecule has 18 heavy (non-hydrogen) atoms. The molecule has 92 valence electrons. The third kappa shape index (κ3) is 2.04. The fourth-order valence-corrected chi connectivity index (χ4v) is 3.03. The molecule has 1 amide bonds. The van der Waals surface area contributed by atoms with Gasteiger partial charge in [-0.1, -0.05) is 24.3 Å². The van der Waals surface area contributed by atoms with Crippen LogP contribution in [0.25, 0.3) is 0 Å². The van der Waals surface area contributed by atoms with Gasteiger partial charge in [-0.2, -0.15) is 0 Å². The average Bonchev–Trinajstić information content (AvgIpc) is 2.84. The highest BCUT2D eigenvalue weighted by atomic mass is 32.1. The first-order chi connectivity index (χ1) is 8.74. The van der Waals surface area contributed by atoms with Gasteiger partial charge in [0.15, 0.2) is 0 Å². The zero-order valence-corrected chi connectivity index (χ0v) is 11.0. The van der Waals surface area contributed by atoms with Crippen molar-refractivity contribution in [3.05, 3.63) is 51.5 Å². The van der Waals surface area contributed by atoms with Crippen molar-refractivity contribution in [3.63, 3.8) is 0 Å². The van der Waals surface area contributed by atoms with E-state index in [0.29, 0.717) is 6.54 Å². The summed E-state index contributed by atoms with van der Waals surface area (Å²) in [6.07, 6.45) is 2.63. The zero-order chi connectivity index (χ0) is 12.5. The summed E-state index contributed by atoms with van der Waals surface area (Å²) < 4.78 is 0. The van der Waals surface area contributed by atoms with Crippen LogP contribution >= 0.6 is 11.3 Å². The maximum absolute atomic E-state index is 12.3. The fourth-order valence-electron chi connectivity index (χ4n) is 2.29. The number of nitrogens with zero attached hydrogens (tertiary/aromatic N) is 2. The van der Waals surface area contributed by atoms with Crippen LogP contribution in [0.2, 0.25) is 0 Å². The zero-order valence-electron chi connectivity index (χ0n) is 10.2. The van der Waals surface area contributed by atoms with E-state index in [1.165, 1.54) is 22.5 Å². The molecule has 0 aliphatic carbocycles. The van der Waals surface area contributed by atoms with Crippen molar-refractivity contribution in [1.29, 1.82) is 0 Å². The van der Waals surface area contributed by atoms with Crippen molar-refractivity contribution < 1.29 is 4.79 Å². The summed E-state index contributed by atoms with van der Waals surface area (Å²) in [5.41, 5.74) is 2.63. The molecule has 0 saturated carbocycles. The number of carbonyl (C=O) groups excluding carboxylic acids is 1. The van der Waals surface area contributed by atoms with Crippen molar-refractivity contribution in [2.24, 2.45) is 0 Å². The van der Waals surface area contributed by atoms with Gasteiger partial charge in [0.25, 0.3) is 5.91 Å². The van der Waals surface area contributed by atoms with Crippen LogP contribution in [-0.4, -0.2) is 22.3 Å². The minimum Gasteiger partial charge on any atom is -0.333 e. The minimum absolute atomic E-state index is 0.107. The van der Waals surface area contributed by atoms with Gasteiger partial charge in [0.05, 0.1) is 11.2 Å². The van der Waals surface area contributed by atoms with E-state index in [1.54, 1.807) is 6.20 Å². The quantitative estimate of drug-likeness (QED) is 0.788. The lowest BCUT2D eigenvalue weighted by Crippen LogP contribution is -2.35. The number of carbonyl (C=O) groups is 1. The number of hydrogen-bond donors (Lipinski definition) is 0. The maximum Gasteiger partial charge on any atom is 0.265 e. The first kappa shape index (κ1) is 11.4. The van der Waals surface area contributed by atoms with Gasteiger partial charge in [-0.25, -0.2) is 4.98 Å². The molecule has 1 aliphatic heterocycles. The molecule has 0 N–H and O–H groups in total. The van der Waals surface area contributed by atoms with Crippen LogP contribution < -0.4 is 0 Å². The molecule has 0 atom stereocenters. The number of amides is 1. The number of aromatic nitrogens is 1. The Kier molecular flexibility index (Phi) is 2.88. The Balaban J connectivity index is 1.82. The van der Waals surface area contributed by atoms with E-state index in [4.69, 9.17) is 0 Å². The van der Waals surface area contributed by atoms with Crippen molar-refractivity contribution in [2.45, 2.75) is 19.9 Å². The Morgan fingerprint density at radius 3 is 2.83 bits per heavy atom. The monoisotopic (exact) mass is 258 g/mol. The van der Waals surface area contributed by atoms with E-state index in [-0.39, 0.29) is 5.91 Å². The van der Waals surface area contributed by atoms with Gasteiger partial charge in [-0.3, -0.25) is 4.79 Å². The van der Waals surface area contributed by atoms with Crippen LogP contribution in [0.15, 0.2) is 30.5 Å². The number of fused-ring (bicyclic) bond motifs is 1. The van der Waals surface area contributed by atoms with E-state index in [9.17, 15) is 4.79 Å². The fraction of sp³-hybridized carbons (Fsp3) is 0.286. The molecule has 3 rings (SSSR count). The molecule has 1 aromatic carbocycles. The maximum atomic E-state index is 12.3. The van der Waals surface area contributed by atoms with E-state index in [0.717, 1.165) is 22.9 Å². The second-order valence-electron chi connectivity index (χ2n) is 4.49. The third-order valence-electron chi connectivity index (χ3n) is 3.25. The molecule has 4 heteroatoms. The molecule has 2 heterocycles. The molecule has 1 aliphatic rings. The summed E-state index contributed by atoms with van der Waals surface area (Å²) >= 11 is 1.47. The van der Waals surface area contributed by atoms with Crippen LogP contribution in [0.4, 0.5) is 0 Å². The first-order valence-corrected chi connectivity index (χ1v) is 6.84. The van der Waals surface area contributed by atoms with Gasteiger partial charge in [-0.15, -0.1) is 11.3 Å². The molecule has 1 aromatic heterocycles. The summed E-state index contributed by atoms with van der Waals surface area (Å²) in [4.78, 5) is 19.1. The number of aryl methyl sites for hydroxylation is 1. The Bertz CT molecular complexity index is 591. The van der Waals surface area contributed by atoms with Crippen molar-refractivity contribution in [3.8, 4) is 0 Å². The normalized spacial score (nSPS) is 14.4. The highest BCUT2D eigenvalue weighted by Gasteiger charge is 2.22. The Hall–Kier alpha value is -1.68. The van der Waals surface area contributed by atoms with Crippen LogP contribution in [-0.2, 0) is 13.0 Å². The standard InChI is InChI=1S/C14H14N2OS/c1-10-15-8-13(18-10)14(17)16-7-6-11-4-2-3-5-12(11)9-16/h2-5,8H,6-7,9H2,1H3. The number of rotatable bonds is 1. The summed E-state index contributed by atoms with van der Waals surface area (Å²) in [5.74, 6) is 0.107. The van der Waals surface area contributed by atoms with Crippen LogP contribution in [0.3, 0.4) is 0 Å². The van der Waals surface area contributed by atoms with Gasteiger partial charge in [-0.05, 0) is 24.5 Å². The predicted molar refractivity (Wildman–Crippen MR) is 71.7 cm³/mol.